The van der Waals surface area contributed by atoms with Gasteiger partial charge in [0.15, 0.2) is 5.78 Å². The van der Waals surface area contributed by atoms with Crippen molar-refractivity contribution in [3.63, 3.8) is 0 Å². The number of rotatable bonds is 3. The second kappa shape index (κ2) is 4.91. The van der Waals surface area contributed by atoms with Crippen LogP contribution in [0.3, 0.4) is 0 Å². The largest absolute Gasteiger partial charge is 0.489 e. The Hall–Kier alpha value is -0.960. The number of Topliss-reactive ketones (excluding diaryl/α,β-unsaturated/α-hetero) is 1. The maximum Gasteiger partial charge on any atom is 0.170 e. The molecule has 1 aromatic carbocycles. The smallest absolute Gasteiger partial charge is 0.170 e. The summed E-state index contributed by atoms with van der Waals surface area (Å²) in [6, 6.07) is 5.82. The number of hydrogen-bond donors (Lipinski definition) is 0. The number of carbonyl (C=O) groups is 1. The van der Waals surface area contributed by atoms with E-state index in [4.69, 9.17) is 4.74 Å². The quantitative estimate of drug-likeness (QED) is 0.806. The van der Waals surface area contributed by atoms with Crippen molar-refractivity contribution in [2.45, 2.75) is 25.9 Å². The molecule has 0 bridgehead atoms. The predicted molar refractivity (Wildman–Crippen MR) is 67.5 cm³/mol. The van der Waals surface area contributed by atoms with Gasteiger partial charge in [-0.1, -0.05) is 11.6 Å². The minimum atomic E-state index is 0.0650. The molecule has 2 rings (SSSR count). The molecule has 0 N–H and O–H groups in total. The molecule has 1 unspecified atom stereocenters. The summed E-state index contributed by atoms with van der Waals surface area (Å²) in [6.07, 6.45) is 3.61. The standard InChI is InChI=1S/C13H16O2S/c1-9-3-4-13-11(7-9)12(14)8-10(15-13)5-6-16-2/h3-4,7,10H,5-6,8H2,1-2H3. The maximum atomic E-state index is 11.9. The zero-order valence-electron chi connectivity index (χ0n) is 9.66. The number of carbonyl (C=O) groups excluding carboxylic acids is 1. The minimum absolute atomic E-state index is 0.0650. The molecule has 0 fully saturated rings. The summed E-state index contributed by atoms with van der Waals surface area (Å²) >= 11 is 1.79. The highest BCUT2D eigenvalue weighted by atomic mass is 32.2. The molecular weight excluding hydrogens is 220 g/mol. The van der Waals surface area contributed by atoms with Crippen molar-refractivity contribution in [2.24, 2.45) is 0 Å². The van der Waals surface area contributed by atoms with E-state index in [1.807, 2.05) is 25.1 Å². The number of hydrogen-bond acceptors (Lipinski definition) is 3. The summed E-state index contributed by atoms with van der Waals surface area (Å²) in [4.78, 5) is 11.9. The van der Waals surface area contributed by atoms with Gasteiger partial charge in [0.25, 0.3) is 0 Å². The van der Waals surface area contributed by atoms with Crippen molar-refractivity contribution < 1.29 is 9.53 Å². The van der Waals surface area contributed by atoms with Crippen LogP contribution in [-0.2, 0) is 0 Å². The average Bonchev–Trinajstić information content (AvgIpc) is 2.27. The number of thioether (sulfide) groups is 1. The maximum absolute atomic E-state index is 11.9. The lowest BCUT2D eigenvalue weighted by Crippen LogP contribution is -2.27. The zero-order valence-corrected chi connectivity index (χ0v) is 10.5. The summed E-state index contributed by atoms with van der Waals surface area (Å²) in [6.45, 7) is 1.99. The van der Waals surface area contributed by atoms with E-state index in [9.17, 15) is 4.79 Å². The van der Waals surface area contributed by atoms with Crippen LogP contribution in [0.25, 0.3) is 0 Å². The fourth-order valence-electron chi connectivity index (χ4n) is 1.91. The Morgan fingerprint density at radius 3 is 3.06 bits per heavy atom. The molecule has 1 aliphatic heterocycles. The van der Waals surface area contributed by atoms with Gasteiger partial charge < -0.3 is 4.74 Å². The molecule has 1 atom stereocenters. The number of ketones is 1. The molecule has 0 spiro atoms. The first-order valence-corrected chi connectivity index (χ1v) is 6.89. The Bertz CT molecular complexity index is 401. The Morgan fingerprint density at radius 2 is 2.31 bits per heavy atom. The zero-order chi connectivity index (χ0) is 11.5. The third-order valence-electron chi connectivity index (χ3n) is 2.79. The second-order valence-corrected chi connectivity index (χ2v) is 5.13. The number of aryl methyl sites for hydroxylation is 1. The number of ether oxygens (including phenoxy) is 1. The van der Waals surface area contributed by atoms with E-state index in [1.54, 1.807) is 11.8 Å². The molecule has 1 aromatic rings. The monoisotopic (exact) mass is 236 g/mol. The van der Waals surface area contributed by atoms with Crippen molar-refractivity contribution in [3.8, 4) is 5.75 Å². The lowest BCUT2D eigenvalue weighted by Gasteiger charge is -2.25. The van der Waals surface area contributed by atoms with Crippen LogP contribution >= 0.6 is 11.8 Å². The fraction of sp³-hybridized carbons (Fsp3) is 0.462. The van der Waals surface area contributed by atoms with Crippen LogP contribution in [-0.4, -0.2) is 23.9 Å². The lowest BCUT2D eigenvalue weighted by atomic mass is 9.98. The van der Waals surface area contributed by atoms with E-state index in [2.05, 4.69) is 6.26 Å². The fourth-order valence-corrected chi connectivity index (χ4v) is 2.41. The average molecular weight is 236 g/mol. The van der Waals surface area contributed by atoms with Crippen molar-refractivity contribution in [1.29, 1.82) is 0 Å². The minimum Gasteiger partial charge on any atom is -0.489 e. The molecule has 0 aliphatic carbocycles. The van der Waals surface area contributed by atoms with Crippen LogP contribution < -0.4 is 4.74 Å². The van der Waals surface area contributed by atoms with E-state index in [1.165, 1.54) is 0 Å². The molecule has 0 amide bonds. The predicted octanol–water partition coefficient (Wildman–Crippen LogP) is 3.08. The first kappa shape index (κ1) is 11.5. The highest BCUT2D eigenvalue weighted by Crippen LogP contribution is 2.29. The van der Waals surface area contributed by atoms with E-state index in [0.717, 1.165) is 29.1 Å². The molecule has 86 valence electrons. The molecular formula is C13H16O2S. The normalized spacial score (nSPS) is 19.1. The van der Waals surface area contributed by atoms with E-state index in [0.29, 0.717) is 6.42 Å². The van der Waals surface area contributed by atoms with Crippen LogP contribution in [0.2, 0.25) is 0 Å². The molecule has 0 saturated heterocycles. The highest BCUT2D eigenvalue weighted by molar-refractivity contribution is 7.98. The summed E-state index contributed by atoms with van der Waals surface area (Å²) in [7, 11) is 0. The van der Waals surface area contributed by atoms with E-state index < -0.39 is 0 Å². The van der Waals surface area contributed by atoms with Crippen molar-refractivity contribution in [2.75, 3.05) is 12.0 Å². The Balaban J connectivity index is 2.17. The molecule has 0 aromatic heterocycles. The van der Waals surface area contributed by atoms with Crippen LogP contribution in [0.1, 0.15) is 28.8 Å². The molecule has 0 saturated carbocycles. The van der Waals surface area contributed by atoms with Gasteiger partial charge in [-0.05, 0) is 37.5 Å². The third kappa shape index (κ3) is 2.40. The topological polar surface area (TPSA) is 26.3 Å². The van der Waals surface area contributed by atoms with Gasteiger partial charge in [0, 0.05) is 6.42 Å². The molecule has 3 heteroatoms. The molecule has 16 heavy (non-hydrogen) atoms. The molecule has 1 heterocycles. The Kier molecular flexibility index (Phi) is 3.54. The summed E-state index contributed by atoms with van der Waals surface area (Å²) in [5.74, 6) is 2.02. The van der Waals surface area contributed by atoms with Crippen molar-refractivity contribution in [1.82, 2.24) is 0 Å². The molecule has 1 aliphatic rings. The molecule has 2 nitrogen and oxygen atoms in total. The van der Waals surface area contributed by atoms with Gasteiger partial charge in [-0.2, -0.15) is 11.8 Å². The third-order valence-corrected chi connectivity index (χ3v) is 3.43. The van der Waals surface area contributed by atoms with Crippen molar-refractivity contribution >= 4 is 17.5 Å². The lowest BCUT2D eigenvalue weighted by molar-refractivity contribution is 0.0847. The highest BCUT2D eigenvalue weighted by Gasteiger charge is 2.25. The first-order chi connectivity index (χ1) is 7.70. The Morgan fingerprint density at radius 1 is 1.50 bits per heavy atom. The van der Waals surface area contributed by atoms with Gasteiger partial charge in [-0.3, -0.25) is 4.79 Å². The van der Waals surface area contributed by atoms with Gasteiger partial charge in [0.1, 0.15) is 11.9 Å². The van der Waals surface area contributed by atoms with Crippen LogP contribution in [0.15, 0.2) is 18.2 Å². The SMILES string of the molecule is CSCCC1CC(=O)c2cc(C)ccc2O1. The summed E-state index contributed by atoms with van der Waals surface area (Å²) < 4.78 is 5.83. The van der Waals surface area contributed by atoms with Crippen LogP contribution in [0.4, 0.5) is 0 Å². The second-order valence-electron chi connectivity index (χ2n) is 4.15. The number of fused-ring (bicyclic) bond motifs is 1. The van der Waals surface area contributed by atoms with Crippen LogP contribution in [0.5, 0.6) is 5.75 Å². The van der Waals surface area contributed by atoms with E-state index in [-0.39, 0.29) is 11.9 Å². The van der Waals surface area contributed by atoms with Gasteiger partial charge in [-0.25, -0.2) is 0 Å². The Labute approximate surface area is 100 Å². The van der Waals surface area contributed by atoms with Crippen molar-refractivity contribution in [3.05, 3.63) is 29.3 Å². The van der Waals surface area contributed by atoms with Gasteiger partial charge in [0.05, 0.1) is 5.56 Å². The number of benzene rings is 1. The van der Waals surface area contributed by atoms with Gasteiger partial charge in [-0.15, -0.1) is 0 Å². The molecule has 0 radical (unpaired) electrons. The van der Waals surface area contributed by atoms with Crippen LogP contribution in [0, 0.1) is 6.92 Å². The van der Waals surface area contributed by atoms with E-state index >= 15 is 0 Å². The van der Waals surface area contributed by atoms with Gasteiger partial charge >= 0.3 is 0 Å². The first-order valence-electron chi connectivity index (χ1n) is 5.50. The summed E-state index contributed by atoms with van der Waals surface area (Å²) in [5.41, 5.74) is 1.86. The van der Waals surface area contributed by atoms with Gasteiger partial charge in [0.2, 0.25) is 0 Å². The summed E-state index contributed by atoms with van der Waals surface area (Å²) in [5, 5.41) is 0.